The molecule has 0 radical (unpaired) electrons. The van der Waals surface area contributed by atoms with E-state index in [9.17, 15) is 15.2 Å². The van der Waals surface area contributed by atoms with Gasteiger partial charge in [0.1, 0.15) is 16.4 Å². The van der Waals surface area contributed by atoms with Crippen LogP contribution in [0.4, 0.5) is 5.88 Å². The van der Waals surface area contributed by atoms with E-state index in [0.717, 1.165) is 4.90 Å². The summed E-state index contributed by atoms with van der Waals surface area (Å²) in [5.74, 6) is 0.957. The zero-order valence-corrected chi connectivity index (χ0v) is 9.52. The SMILES string of the molecule is O=[N+]([O-])c1ccc(CSc2cccc(O)c2)o1. The zero-order valence-electron chi connectivity index (χ0n) is 8.70. The number of thioether (sulfide) groups is 1. The Hall–Kier alpha value is -1.95. The summed E-state index contributed by atoms with van der Waals surface area (Å²) in [6, 6.07) is 9.71. The van der Waals surface area contributed by atoms with Crippen LogP contribution >= 0.6 is 11.8 Å². The molecule has 0 aliphatic heterocycles. The van der Waals surface area contributed by atoms with Crippen LogP contribution in [-0.2, 0) is 5.75 Å². The van der Waals surface area contributed by atoms with E-state index in [1.807, 2.05) is 6.07 Å². The van der Waals surface area contributed by atoms with Crippen molar-refractivity contribution in [3.05, 3.63) is 52.3 Å². The van der Waals surface area contributed by atoms with Crippen molar-refractivity contribution in [3.8, 4) is 5.75 Å². The lowest BCUT2D eigenvalue weighted by molar-refractivity contribution is -0.402. The Morgan fingerprint density at radius 3 is 2.82 bits per heavy atom. The predicted octanol–water partition coefficient (Wildman–Crippen LogP) is 3.19. The third kappa shape index (κ3) is 3.01. The number of hydrogen-bond acceptors (Lipinski definition) is 5. The number of nitrogens with zero attached hydrogens (tertiary/aromatic N) is 1. The topological polar surface area (TPSA) is 76.5 Å². The summed E-state index contributed by atoms with van der Waals surface area (Å²) in [7, 11) is 0. The van der Waals surface area contributed by atoms with Gasteiger partial charge in [0.2, 0.25) is 0 Å². The fraction of sp³-hybridized carbons (Fsp3) is 0.0909. The Morgan fingerprint density at radius 2 is 2.18 bits per heavy atom. The van der Waals surface area contributed by atoms with Crippen LogP contribution < -0.4 is 0 Å². The molecule has 0 saturated carbocycles. The second-order valence-corrected chi connectivity index (χ2v) is 4.33. The van der Waals surface area contributed by atoms with Crippen LogP contribution in [0.1, 0.15) is 5.76 Å². The van der Waals surface area contributed by atoms with E-state index in [-0.39, 0.29) is 11.6 Å². The number of rotatable bonds is 4. The van der Waals surface area contributed by atoms with Crippen LogP contribution in [0.2, 0.25) is 0 Å². The van der Waals surface area contributed by atoms with Crippen molar-refractivity contribution in [2.75, 3.05) is 0 Å². The minimum atomic E-state index is -0.567. The van der Waals surface area contributed by atoms with Crippen molar-refractivity contribution in [2.24, 2.45) is 0 Å². The Labute approximate surface area is 101 Å². The van der Waals surface area contributed by atoms with Crippen molar-refractivity contribution in [3.63, 3.8) is 0 Å². The number of furan rings is 1. The number of phenolic OH excluding ortho intramolecular Hbond substituents is 1. The molecule has 0 aliphatic carbocycles. The van der Waals surface area contributed by atoms with Crippen molar-refractivity contribution in [1.29, 1.82) is 0 Å². The molecule has 1 aromatic carbocycles. The maximum absolute atomic E-state index is 10.4. The number of nitro groups is 1. The fourth-order valence-electron chi connectivity index (χ4n) is 1.27. The molecule has 0 fully saturated rings. The van der Waals surface area contributed by atoms with Gasteiger partial charge < -0.3 is 9.52 Å². The molecule has 1 aromatic heterocycles. The molecule has 6 heteroatoms. The molecule has 0 spiro atoms. The first kappa shape index (κ1) is 11.5. The van der Waals surface area contributed by atoms with Crippen molar-refractivity contribution in [2.45, 2.75) is 10.6 Å². The largest absolute Gasteiger partial charge is 0.508 e. The second-order valence-electron chi connectivity index (χ2n) is 3.28. The van der Waals surface area contributed by atoms with Gasteiger partial charge in [0.25, 0.3) is 0 Å². The van der Waals surface area contributed by atoms with Crippen molar-refractivity contribution < 1.29 is 14.4 Å². The summed E-state index contributed by atoms with van der Waals surface area (Å²) in [6.45, 7) is 0. The summed E-state index contributed by atoms with van der Waals surface area (Å²) in [6.07, 6.45) is 0. The molecule has 0 bridgehead atoms. The molecule has 17 heavy (non-hydrogen) atoms. The van der Waals surface area contributed by atoms with E-state index in [1.165, 1.54) is 17.8 Å². The molecule has 1 N–H and O–H groups in total. The Kier molecular flexibility index (Phi) is 3.34. The lowest BCUT2D eigenvalue weighted by atomic mass is 10.3. The molecule has 0 aliphatic rings. The third-order valence-corrected chi connectivity index (χ3v) is 3.04. The average Bonchev–Trinajstić information content (AvgIpc) is 2.75. The van der Waals surface area contributed by atoms with Gasteiger partial charge >= 0.3 is 5.88 Å². The zero-order chi connectivity index (χ0) is 12.3. The number of phenols is 1. The summed E-state index contributed by atoms with van der Waals surface area (Å²) >= 11 is 1.44. The van der Waals surface area contributed by atoms with Gasteiger partial charge in [0.15, 0.2) is 0 Å². The molecular formula is C11H9NO4S. The predicted molar refractivity (Wildman–Crippen MR) is 63.0 cm³/mol. The molecule has 5 nitrogen and oxygen atoms in total. The monoisotopic (exact) mass is 251 g/mol. The van der Waals surface area contributed by atoms with E-state index < -0.39 is 4.92 Å². The highest BCUT2D eigenvalue weighted by molar-refractivity contribution is 7.98. The van der Waals surface area contributed by atoms with Gasteiger partial charge in [0, 0.05) is 4.90 Å². The van der Waals surface area contributed by atoms with E-state index in [1.54, 1.807) is 24.3 Å². The first-order valence-corrected chi connectivity index (χ1v) is 5.78. The summed E-state index contributed by atoms with van der Waals surface area (Å²) in [5, 5.41) is 19.7. The van der Waals surface area contributed by atoms with Gasteiger partial charge in [0.05, 0.1) is 11.8 Å². The fourth-order valence-corrected chi connectivity index (χ4v) is 2.11. The molecule has 0 unspecified atom stereocenters. The molecule has 2 aromatic rings. The number of benzene rings is 1. The quantitative estimate of drug-likeness (QED) is 0.513. The smallest absolute Gasteiger partial charge is 0.433 e. The number of hydrogen-bond donors (Lipinski definition) is 1. The minimum Gasteiger partial charge on any atom is -0.508 e. The third-order valence-electron chi connectivity index (χ3n) is 2.03. The minimum absolute atomic E-state index is 0.195. The lowest BCUT2D eigenvalue weighted by Crippen LogP contribution is -1.83. The summed E-state index contributed by atoms with van der Waals surface area (Å²) < 4.78 is 5.01. The van der Waals surface area contributed by atoms with Crippen LogP contribution in [0.15, 0.2) is 45.7 Å². The number of aromatic hydroxyl groups is 1. The van der Waals surface area contributed by atoms with Crippen LogP contribution in [-0.4, -0.2) is 10.0 Å². The maximum atomic E-state index is 10.4. The molecule has 0 saturated heterocycles. The Bertz CT molecular complexity index is 538. The molecule has 88 valence electrons. The molecule has 0 amide bonds. The Balaban J connectivity index is 2.00. The van der Waals surface area contributed by atoms with Crippen LogP contribution in [0.25, 0.3) is 0 Å². The van der Waals surface area contributed by atoms with Crippen LogP contribution in [0.5, 0.6) is 5.75 Å². The van der Waals surface area contributed by atoms with E-state index in [2.05, 4.69) is 0 Å². The van der Waals surface area contributed by atoms with Crippen molar-refractivity contribution >= 4 is 17.6 Å². The highest BCUT2D eigenvalue weighted by atomic mass is 32.2. The summed E-state index contributed by atoms with van der Waals surface area (Å²) in [4.78, 5) is 10.7. The normalized spacial score (nSPS) is 10.4. The van der Waals surface area contributed by atoms with Gasteiger partial charge in [-0.05, 0) is 24.3 Å². The van der Waals surface area contributed by atoms with Crippen molar-refractivity contribution in [1.82, 2.24) is 0 Å². The first-order chi connectivity index (χ1) is 8.15. The maximum Gasteiger partial charge on any atom is 0.433 e. The lowest BCUT2D eigenvalue weighted by Gasteiger charge is -1.99. The van der Waals surface area contributed by atoms with Crippen LogP contribution in [0, 0.1) is 10.1 Å². The molecule has 1 heterocycles. The van der Waals surface area contributed by atoms with Gasteiger partial charge in [-0.25, -0.2) is 0 Å². The second kappa shape index (κ2) is 4.92. The standard InChI is InChI=1S/C11H9NO4S/c13-8-2-1-3-10(6-8)17-7-9-4-5-11(16-9)12(14)15/h1-6,13H,7H2. The van der Waals surface area contributed by atoms with Gasteiger partial charge in [-0.2, -0.15) is 0 Å². The highest BCUT2D eigenvalue weighted by Gasteiger charge is 2.11. The van der Waals surface area contributed by atoms with E-state index in [4.69, 9.17) is 4.42 Å². The van der Waals surface area contributed by atoms with Crippen LogP contribution in [0.3, 0.4) is 0 Å². The summed E-state index contributed by atoms with van der Waals surface area (Å²) in [5.41, 5.74) is 0. The van der Waals surface area contributed by atoms with Gasteiger partial charge in [-0.15, -0.1) is 11.8 Å². The highest BCUT2D eigenvalue weighted by Crippen LogP contribution is 2.27. The van der Waals surface area contributed by atoms with Gasteiger partial charge in [-0.3, -0.25) is 10.1 Å². The Morgan fingerprint density at radius 1 is 1.35 bits per heavy atom. The molecular weight excluding hydrogens is 242 g/mol. The molecule has 0 atom stereocenters. The molecule has 2 rings (SSSR count). The average molecular weight is 251 g/mol. The van der Waals surface area contributed by atoms with E-state index >= 15 is 0 Å². The first-order valence-electron chi connectivity index (χ1n) is 4.80. The van der Waals surface area contributed by atoms with Gasteiger partial charge in [-0.1, -0.05) is 6.07 Å². The van der Waals surface area contributed by atoms with E-state index in [0.29, 0.717) is 11.5 Å².